The van der Waals surface area contributed by atoms with Gasteiger partial charge in [-0.2, -0.15) is 0 Å². The summed E-state index contributed by atoms with van der Waals surface area (Å²) in [4.78, 5) is 28.8. The number of hydrogen-bond donors (Lipinski definition) is 1. The van der Waals surface area contributed by atoms with Gasteiger partial charge in [-0.15, -0.1) is 0 Å². The Kier molecular flexibility index (Phi) is 10.7. The molecular weight excluding hydrogens is 510 g/mol. The fourth-order valence-electron chi connectivity index (χ4n) is 4.36. The van der Waals surface area contributed by atoms with E-state index in [-0.39, 0.29) is 17.3 Å². The van der Waals surface area contributed by atoms with Gasteiger partial charge in [-0.25, -0.2) is 8.42 Å². The number of hydrogen-bond acceptors (Lipinski definition) is 4. The van der Waals surface area contributed by atoms with Crippen LogP contribution in [0.25, 0.3) is 0 Å². The average Bonchev–Trinajstić information content (AvgIpc) is 2.92. The molecule has 0 saturated heterocycles. The van der Waals surface area contributed by atoms with Crippen LogP contribution in [-0.2, 0) is 26.2 Å². The molecule has 0 radical (unpaired) electrons. The van der Waals surface area contributed by atoms with Gasteiger partial charge in [0.25, 0.3) is 10.0 Å². The highest BCUT2D eigenvalue weighted by atomic mass is 32.2. The zero-order chi connectivity index (χ0) is 28.4. The van der Waals surface area contributed by atoms with Gasteiger partial charge in [-0.1, -0.05) is 80.4 Å². The number of carbonyl (C=O) groups excluding carboxylic acids is 2. The molecule has 0 bridgehead atoms. The van der Waals surface area contributed by atoms with E-state index in [0.717, 1.165) is 33.8 Å². The summed E-state index contributed by atoms with van der Waals surface area (Å²) in [5, 5.41) is 2.94. The van der Waals surface area contributed by atoms with Crippen LogP contribution in [0, 0.1) is 13.8 Å². The maximum absolute atomic E-state index is 14.0. The number of sulfonamides is 1. The molecule has 0 saturated carbocycles. The molecule has 0 aromatic heterocycles. The van der Waals surface area contributed by atoms with Crippen molar-refractivity contribution in [3.8, 4) is 0 Å². The van der Waals surface area contributed by atoms with Crippen molar-refractivity contribution in [2.24, 2.45) is 0 Å². The summed E-state index contributed by atoms with van der Waals surface area (Å²) in [6.45, 7) is 7.93. The summed E-state index contributed by atoms with van der Waals surface area (Å²) in [5.74, 6) is -0.688. The van der Waals surface area contributed by atoms with E-state index in [1.807, 2.05) is 64.1 Å². The van der Waals surface area contributed by atoms with E-state index in [2.05, 4.69) is 5.32 Å². The first-order valence-electron chi connectivity index (χ1n) is 13.4. The van der Waals surface area contributed by atoms with Crippen LogP contribution >= 0.6 is 0 Å². The van der Waals surface area contributed by atoms with Gasteiger partial charge in [0.05, 0.1) is 10.6 Å². The second-order valence-electron chi connectivity index (χ2n) is 9.74. The molecule has 39 heavy (non-hydrogen) atoms. The Morgan fingerprint density at radius 3 is 2.18 bits per heavy atom. The Morgan fingerprint density at radius 1 is 0.872 bits per heavy atom. The van der Waals surface area contributed by atoms with Crippen LogP contribution in [0.1, 0.15) is 49.8 Å². The summed E-state index contributed by atoms with van der Waals surface area (Å²) >= 11 is 0. The first kappa shape index (κ1) is 29.9. The van der Waals surface area contributed by atoms with E-state index >= 15 is 0 Å². The second-order valence-corrected chi connectivity index (χ2v) is 11.6. The van der Waals surface area contributed by atoms with Crippen molar-refractivity contribution in [2.45, 2.75) is 64.4 Å². The van der Waals surface area contributed by atoms with E-state index in [1.54, 1.807) is 42.5 Å². The Hall–Kier alpha value is -3.65. The third-order valence-electron chi connectivity index (χ3n) is 6.59. The molecule has 0 aliphatic carbocycles. The van der Waals surface area contributed by atoms with Crippen LogP contribution in [0.5, 0.6) is 0 Å². The number of carbonyl (C=O) groups is 2. The predicted octanol–water partition coefficient (Wildman–Crippen LogP) is 5.22. The fraction of sp³-hybridized carbons (Fsp3) is 0.355. The van der Waals surface area contributed by atoms with Crippen molar-refractivity contribution in [1.29, 1.82) is 0 Å². The molecule has 0 aliphatic heterocycles. The van der Waals surface area contributed by atoms with E-state index in [1.165, 1.54) is 4.90 Å². The summed E-state index contributed by atoms with van der Waals surface area (Å²) in [5.41, 5.74) is 3.05. The van der Waals surface area contributed by atoms with Crippen LogP contribution in [0.4, 0.5) is 5.69 Å². The van der Waals surface area contributed by atoms with Crippen molar-refractivity contribution in [3.63, 3.8) is 0 Å². The third-order valence-corrected chi connectivity index (χ3v) is 8.38. The second kappa shape index (κ2) is 13.9. The largest absolute Gasteiger partial charge is 0.354 e. The van der Waals surface area contributed by atoms with E-state index in [0.29, 0.717) is 18.7 Å². The molecule has 3 aromatic carbocycles. The zero-order valence-electron chi connectivity index (χ0n) is 23.3. The highest BCUT2D eigenvalue weighted by Gasteiger charge is 2.33. The molecule has 7 nitrogen and oxygen atoms in total. The molecule has 3 aromatic rings. The number of aryl methyl sites for hydroxylation is 2. The van der Waals surface area contributed by atoms with Crippen molar-refractivity contribution in [3.05, 3.63) is 95.6 Å². The van der Waals surface area contributed by atoms with Gasteiger partial charge in [-0.3, -0.25) is 13.9 Å². The van der Waals surface area contributed by atoms with Gasteiger partial charge >= 0.3 is 0 Å². The molecule has 0 heterocycles. The highest BCUT2D eigenvalue weighted by Crippen LogP contribution is 2.26. The lowest BCUT2D eigenvalue weighted by atomic mass is 10.1. The summed E-state index contributed by atoms with van der Waals surface area (Å²) in [7, 11) is -4.07. The quantitative estimate of drug-likeness (QED) is 0.296. The highest BCUT2D eigenvalue weighted by molar-refractivity contribution is 7.92. The molecule has 3 rings (SSSR count). The molecule has 1 atom stereocenters. The van der Waals surface area contributed by atoms with Crippen molar-refractivity contribution < 1.29 is 18.0 Å². The molecule has 1 unspecified atom stereocenters. The molecule has 1 N–H and O–H groups in total. The monoisotopic (exact) mass is 549 g/mol. The molecule has 208 valence electrons. The molecule has 8 heteroatoms. The first-order chi connectivity index (χ1) is 18.7. The lowest BCUT2D eigenvalue weighted by molar-refractivity contribution is -0.140. The van der Waals surface area contributed by atoms with Gasteiger partial charge in [-0.05, 0) is 62.1 Å². The molecule has 0 spiro atoms. The van der Waals surface area contributed by atoms with E-state index in [4.69, 9.17) is 0 Å². The lowest BCUT2D eigenvalue weighted by Crippen LogP contribution is -2.52. The van der Waals surface area contributed by atoms with Crippen molar-refractivity contribution >= 4 is 27.5 Å². The minimum atomic E-state index is -4.07. The third kappa shape index (κ3) is 7.93. The lowest BCUT2D eigenvalue weighted by Gasteiger charge is -2.33. The summed E-state index contributed by atoms with van der Waals surface area (Å²) in [6, 6.07) is 22.3. The average molecular weight is 550 g/mol. The smallest absolute Gasteiger partial charge is 0.264 e. The number of benzene rings is 3. The normalized spacial score (nSPS) is 12.0. The van der Waals surface area contributed by atoms with Gasteiger partial charge in [0.2, 0.25) is 11.8 Å². The maximum atomic E-state index is 14.0. The maximum Gasteiger partial charge on any atom is 0.264 e. The minimum absolute atomic E-state index is 0.0985. The topological polar surface area (TPSA) is 86.8 Å². The Bertz CT molecular complexity index is 1340. The Labute approximate surface area is 232 Å². The number of unbranched alkanes of at least 4 members (excludes halogenated alkanes) is 1. The summed E-state index contributed by atoms with van der Waals surface area (Å²) < 4.78 is 28.9. The van der Waals surface area contributed by atoms with E-state index < -0.39 is 28.5 Å². The van der Waals surface area contributed by atoms with Crippen molar-refractivity contribution in [2.75, 3.05) is 17.4 Å². The molecule has 2 amide bonds. The minimum Gasteiger partial charge on any atom is -0.354 e. The Morgan fingerprint density at radius 2 is 1.56 bits per heavy atom. The van der Waals surface area contributed by atoms with Gasteiger partial charge in [0.15, 0.2) is 0 Å². The van der Waals surface area contributed by atoms with Crippen LogP contribution in [0.3, 0.4) is 0 Å². The zero-order valence-corrected chi connectivity index (χ0v) is 24.1. The Balaban J connectivity index is 2.02. The predicted molar refractivity (Wildman–Crippen MR) is 156 cm³/mol. The van der Waals surface area contributed by atoms with E-state index in [9.17, 15) is 18.0 Å². The van der Waals surface area contributed by atoms with Crippen LogP contribution in [0.2, 0.25) is 0 Å². The van der Waals surface area contributed by atoms with Crippen LogP contribution in [-0.4, -0.2) is 44.3 Å². The van der Waals surface area contributed by atoms with Gasteiger partial charge in [0, 0.05) is 13.1 Å². The standard InChI is InChI=1S/C31H39N3O4S/c1-5-7-20-32-31(36)29(6-2)33(22-26-13-9-8-10-14-26)30(35)23-34(27-15-11-12-25(4)21-27)39(37,38)28-18-16-24(3)17-19-28/h8-19,21,29H,5-7,20,22-23H2,1-4H3,(H,32,36). The number of rotatable bonds is 13. The van der Waals surface area contributed by atoms with Gasteiger partial charge in [0.1, 0.15) is 12.6 Å². The number of anilines is 1. The SMILES string of the molecule is CCCCNC(=O)C(CC)N(Cc1ccccc1)C(=O)CN(c1cccc(C)c1)S(=O)(=O)c1ccc(C)cc1. The fourth-order valence-corrected chi connectivity index (χ4v) is 5.76. The number of nitrogens with zero attached hydrogens (tertiary/aromatic N) is 2. The molecule has 0 fully saturated rings. The van der Waals surface area contributed by atoms with Gasteiger partial charge < -0.3 is 10.2 Å². The van der Waals surface area contributed by atoms with Crippen molar-refractivity contribution in [1.82, 2.24) is 10.2 Å². The molecule has 0 aliphatic rings. The summed E-state index contributed by atoms with van der Waals surface area (Å²) in [6.07, 6.45) is 2.17. The number of nitrogens with one attached hydrogen (secondary N) is 1. The van der Waals surface area contributed by atoms with Crippen LogP contribution < -0.4 is 9.62 Å². The first-order valence-corrected chi connectivity index (χ1v) is 14.9. The number of amides is 2. The van der Waals surface area contributed by atoms with Crippen LogP contribution in [0.15, 0.2) is 83.8 Å². The molecular formula is C31H39N3O4S.